The number of halogens is 1. The highest BCUT2D eigenvalue weighted by atomic mass is 79.9. The molecule has 1 rings (SSSR count). The second kappa shape index (κ2) is 4.18. The number of aromatic nitrogens is 1. The standard InChI is InChI=1S/C7H10BrNOS/c1-5(2)10-3-7-9-6(8)4-11-7/h4-5H,3H2,1-2H3. The van der Waals surface area contributed by atoms with Crippen LogP contribution >= 0.6 is 27.3 Å². The first-order valence-corrected chi connectivity index (χ1v) is 5.07. The maximum absolute atomic E-state index is 5.37. The second-order valence-corrected chi connectivity index (χ2v) is 4.18. The van der Waals surface area contributed by atoms with Gasteiger partial charge in [0.1, 0.15) is 9.61 Å². The van der Waals surface area contributed by atoms with E-state index in [1.807, 2.05) is 19.2 Å². The minimum absolute atomic E-state index is 0.276. The van der Waals surface area contributed by atoms with Crippen LogP contribution in [0.4, 0.5) is 0 Å². The van der Waals surface area contributed by atoms with Gasteiger partial charge < -0.3 is 4.74 Å². The molecule has 0 unspecified atom stereocenters. The van der Waals surface area contributed by atoms with Crippen LogP contribution < -0.4 is 0 Å². The molecule has 0 atom stereocenters. The van der Waals surface area contributed by atoms with Crippen molar-refractivity contribution in [3.63, 3.8) is 0 Å². The van der Waals surface area contributed by atoms with Crippen molar-refractivity contribution in [2.45, 2.75) is 26.6 Å². The van der Waals surface area contributed by atoms with Gasteiger partial charge in [-0.2, -0.15) is 0 Å². The van der Waals surface area contributed by atoms with E-state index in [0.29, 0.717) is 6.61 Å². The van der Waals surface area contributed by atoms with Crippen LogP contribution in [0.15, 0.2) is 9.98 Å². The molecule has 2 nitrogen and oxygen atoms in total. The Kier molecular flexibility index (Phi) is 3.48. The van der Waals surface area contributed by atoms with E-state index in [9.17, 15) is 0 Å². The quantitative estimate of drug-likeness (QED) is 0.805. The minimum Gasteiger partial charge on any atom is -0.372 e. The zero-order chi connectivity index (χ0) is 8.27. The van der Waals surface area contributed by atoms with E-state index in [1.165, 1.54) is 0 Å². The van der Waals surface area contributed by atoms with Gasteiger partial charge in [-0.25, -0.2) is 4.98 Å². The van der Waals surface area contributed by atoms with E-state index in [-0.39, 0.29) is 6.10 Å². The summed E-state index contributed by atoms with van der Waals surface area (Å²) in [5.74, 6) is 0. The number of nitrogens with zero attached hydrogens (tertiary/aromatic N) is 1. The molecular formula is C7H10BrNOS. The molecule has 0 spiro atoms. The normalized spacial score (nSPS) is 10.9. The minimum atomic E-state index is 0.276. The van der Waals surface area contributed by atoms with Crippen LogP contribution in [0.3, 0.4) is 0 Å². The van der Waals surface area contributed by atoms with Crippen LogP contribution in [-0.4, -0.2) is 11.1 Å². The molecular weight excluding hydrogens is 226 g/mol. The third-order valence-electron chi connectivity index (χ3n) is 1.06. The van der Waals surface area contributed by atoms with Gasteiger partial charge in [0.15, 0.2) is 0 Å². The lowest BCUT2D eigenvalue weighted by Gasteiger charge is -2.03. The molecule has 11 heavy (non-hydrogen) atoms. The molecule has 1 aromatic heterocycles. The molecule has 0 amide bonds. The van der Waals surface area contributed by atoms with Gasteiger partial charge in [0, 0.05) is 5.38 Å². The van der Waals surface area contributed by atoms with E-state index in [2.05, 4.69) is 20.9 Å². The number of hydrogen-bond acceptors (Lipinski definition) is 3. The average molecular weight is 236 g/mol. The fourth-order valence-electron chi connectivity index (χ4n) is 0.593. The van der Waals surface area contributed by atoms with Gasteiger partial charge in [0.2, 0.25) is 0 Å². The molecule has 0 aromatic carbocycles. The highest BCUT2D eigenvalue weighted by Crippen LogP contribution is 2.15. The monoisotopic (exact) mass is 235 g/mol. The first-order chi connectivity index (χ1) is 5.18. The third kappa shape index (κ3) is 3.31. The molecule has 1 heterocycles. The van der Waals surface area contributed by atoms with E-state index < -0.39 is 0 Å². The molecule has 0 fully saturated rings. The smallest absolute Gasteiger partial charge is 0.120 e. The largest absolute Gasteiger partial charge is 0.372 e. The first kappa shape index (κ1) is 9.16. The van der Waals surface area contributed by atoms with Crippen molar-refractivity contribution >= 4 is 27.3 Å². The van der Waals surface area contributed by atoms with E-state index in [0.717, 1.165) is 9.61 Å². The average Bonchev–Trinajstić information content (AvgIpc) is 2.31. The van der Waals surface area contributed by atoms with Gasteiger partial charge in [-0.3, -0.25) is 0 Å². The molecule has 0 saturated heterocycles. The molecule has 0 N–H and O–H groups in total. The fourth-order valence-corrected chi connectivity index (χ4v) is 1.78. The molecule has 1 aromatic rings. The summed E-state index contributed by atoms with van der Waals surface area (Å²) in [5.41, 5.74) is 0. The first-order valence-electron chi connectivity index (χ1n) is 3.40. The molecule has 0 radical (unpaired) electrons. The maximum atomic E-state index is 5.37. The summed E-state index contributed by atoms with van der Waals surface area (Å²) < 4.78 is 6.26. The van der Waals surface area contributed by atoms with Crippen LogP contribution in [0.2, 0.25) is 0 Å². The lowest BCUT2D eigenvalue weighted by Crippen LogP contribution is -2.01. The van der Waals surface area contributed by atoms with Crippen molar-refractivity contribution in [1.29, 1.82) is 0 Å². The van der Waals surface area contributed by atoms with Crippen LogP contribution in [0.25, 0.3) is 0 Å². The Morgan fingerprint density at radius 1 is 1.73 bits per heavy atom. The topological polar surface area (TPSA) is 22.1 Å². The highest BCUT2D eigenvalue weighted by Gasteiger charge is 2.00. The number of ether oxygens (including phenoxy) is 1. The fraction of sp³-hybridized carbons (Fsp3) is 0.571. The van der Waals surface area contributed by atoms with Crippen molar-refractivity contribution in [2.75, 3.05) is 0 Å². The van der Waals surface area contributed by atoms with Gasteiger partial charge in [0.25, 0.3) is 0 Å². The predicted octanol–water partition coefficient (Wildman–Crippen LogP) is 2.83. The van der Waals surface area contributed by atoms with Gasteiger partial charge in [-0.05, 0) is 29.8 Å². The van der Waals surface area contributed by atoms with Gasteiger partial charge in [0.05, 0.1) is 12.7 Å². The predicted molar refractivity (Wildman–Crippen MR) is 49.7 cm³/mol. The van der Waals surface area contributed by atoms with Gasteiger partial charge in [-0.1, -0.05) is 0 Å². The van der Waals surface area contributed by atoms with E-state index in [4.69, 9.17) is 4.74 Å². The Labute approximate surface area is 78.7 Å². The molecule has 0 bridgehead atoms. The Bertz CT molecular complexity index is 224. The number of rotatable bonds is 3. The summed E-state index contributed by atoms with van der Waals surface area (Å²) in [6.07, 6.45) is 0.276. The summed E-state index contributed by atoms with van der Waals surface area (Å²) in [6, 6.07) is 0. The second-order valence-electron chi connectivity index (χ2n) is 2.42. The van der Waals surface area contributed by atoms with Crippen LogP contribution in [-0.2, 0) is 11.3 Å². The molecule has 0 aliphatic heterocycles. The van der Waals surface area contributed by atoms with Crippen LogP contribution in [0.1, 0.15) is 18.9 Å². The summed E-state index contributed by atoms with van der Waals surface area (Å²) in [5, 5.41) is 2.98. The van der Waals surface area contributed by atoms with Crippen molar-refractivity contribution in [3.8, 4) is 0 Å². The van der Waals surface area contributed by atoms with Crippen molar-refractivity contribution in [1.82, 2.24) is 4.98 Å². The summed E-state index contributed by atoms with van der Waals surface area (Å²) in [7, 11) is 0. The third-order valence-corrected chi connectivity index (χ3v) is 2.60. The zero-order valence-corrected chi connectivity index (χ0v) is 8.91. The summed E-state index contributed by atoms with van der Waals surface area (Å²) >= 11 is 4.89. The SMILES string of the molecule is CC(C)OCc1nc(Br)cs1. The summed E-state index contributed by atoms with van der Waals surface area (Å²) in [6.45, 7) is 4.65. The lowest BCUT2D eigenvalue weighted by molar-refractivity contribution is 0.0655. The van der Waals surface area contributed by atoms with E-state index >= 15 is 0 Å². The lowest BCUT2D eigenvalue weighted by atomic mass is 10.5. The Morgan fingerprint density at radius 2 is 2.45 bits per heavy atom. The molecule has 0 aliphatic carbocycles. The maximum Gasteiger partial charge on any atom is 0.120 e. The van der Waals surface area contributed by atoms with Crippen LogP contribution in [0.5, 0.6) is 0 Å². The molecule has 0 saturated carbocycles. The number of hydrogen-bond donors (Lipinski definition) is 0. The zero-order valence-electron chi connectivity index (χ0n) is 6.50. The Hall–Kier alpha value is 0.0700. The summed E-state index contributed by atoms with van der Waals surface area (Å²) in [4.78, 5) is 4.19. The van der Waals surface area contributed by atoms with Crippen molar-refractivity contribution in [2.24, 2.45) is 0 Å². The molecule has 0 aliphatic rings. The molecule has 4 heteroatoms. The Balaban J connectivity index is 2.39. The Morgan fingerprint density at radius 3 is 2.91 bits per heavy atom. The number of thiazole rings is 1. The highest BCUT2D eigenvalue weighted by molar-refractivity contribution is 9.10. The van der Waals surface area contributed by atoms with Gasteiger partial charge in [-0.15, -0.1) is 11.3 Å². The van der Waals surface area contributed by atoms with E-state index in [1.54, 1.807) is 11.3 Å². The molecule has 62 valence electrons. The van der Waals surface area contributed by atoms with Crippen LogP contribution in [0, 0.1) is 0 Å². The van der Waals surface area contributed by atoms with Crippen molar-refractivity contribution < 1.29 is 4.74 Å². The van der Waals surface area contributed by atoms with Crippen molar-refractivity contribution in [3.05, 3.63) is 15.0 Å². The van der Waals surface area contributed by atoms with Gasteiger partial charge >= 0.3 is 0 Å².